The molecule has 10 heteroatoms. The number of benzene rings is 2. The Morgan fingerprint density at radius 2 is 1.57 bits per heavy atom. The van der Waals surface area contributed by atoms with Crippen molar-refractivity contribution in [1.82, 2.24) is 16.0 Å². The summed E-state index contributed by atoms with van der Waals surface area (Å²) in [5.74, 6) is -2.14. The summed E-state index contributed by atoms with van der Waals surface area (Å²) in [5.41, 5.74) is 0.793. The van der Waals surface area contributed by atoms with E-state index in [1.54, 1.807) is 30.3 Å². The van der Waals surface area contributed by atoms with E-state index in [4.69, 9.17) is 9.47 Å². The smallest absolute Gasteiger partial charge is 0.408 e. The topological polar surface area (TPSA) is 143 Å². The Balaban J connectivity index is 1.63. The summed E-state index contributed by atoms with van der Waals surface area (Å²) in [7, 11) is 0. The number of carbonyl (C=O) groups is 4. The molecule has 44 heavy (non-hydrogen) atoms. The van der Waals surface area contributed by atoms with E-state index in [1.165, 1.54) is 6.08 Å². The van der Waals surface area contributed by atoms with Gasteiger partial charge in [-0.15, -0.1) is 13.2 Å². The molecule has 3 amide bonds. The van der Waals surface area contributed by atoms with Crippen LogP contribution in [-0.4, -0.2) is 53.7 Å². The average molecular weight is 606 g/mol. The van der Waals surface area contributed by atoms with Gasteiger partial charge in [-0.25, -0.2) is 9.59 Å². The molecule has 0 heterocycles. The van der Waals surface area contributed by atoms with E-state index in [2.05, 4.69) is 29.1 Å². The number of carbonyl (C=O) groups excluding carboxylic acids is 4. The van der Waals surface area contributed by atoms with E-state index in [1.807, 2.05) is 36.4 Å². The first-order valence-electron chi connectivity index (χ1n) is 14.9. The molecule has 2 aromatic rings. The summed E-state index contributed by atoms with van der Waals surface area (Å²) in [6.45, 7) is 7.22. The highest BCUT2D eigenvalue weighted by atomic mass is 16.6. The molecule has 0 bridgehead atoms. The van der Waals surface area contributed by atoms with E-state index in [0.29, 0.717) is 18.4 Å². The number of aliphatic hydroxyl groups is 1. The van der Waals surface area contributed by atoms with Crippen LogP contribution in [0.3, 0.4) is 0 Å². The molecule has 2 aromatic carbocycles. The minimum absolute atomic E-state index is 0.0338. The zero-order valence-corrected chi connectivity index (χ0v) is 25.0. The molecule has 0 saturated heterocycles. The molecule has 0 aliphatic heterocycles. The lowest BCUT2D eigenvalue weighted by Crippen LogP contribution is -2.50. The third-order valence-electron chi connectivity index (χ3n) is 7.60. The van der Waals surface area contributed by atoms with Crippen molar-refractivity contribution in [1.29, 1.82) is 0 Å². The molecule has 1 aliphatic rings. The molecular formula is C34H43N3O7. The number of allylic oxidation sites excluding steroid dienone is 1. The van der Waals surface area contributed by atoms with Gasteiger partial charge >= 0.3 is 12.1 Å². The highest BCUT2D eigenvalue weighted by Crippen LogP contribution is 2.29. The van der Waals surface area contributed by atoms with Gasteiger partial charge < -0.3 is 30.5 Å². The Labute approximate surface area is 258 Å². The Morgan fingerprint density at radius 3 is 2.18 bits per heavy atom. The highest BCUT2D eigenvalue weighted by molar-refractivity contribution is 5.86. The number of ether oxygens (including phenoxy) is 2. The molecular weight excluding hydrogens is 562 g/mol. The predicted octanol–water partition coefficient (Wildman–Crippen LogP) is 4.26. The van der Waals surface area contributed by atoms with Crippen LogP contribution in [0.5, 0.6) is 0 Å². The van der Waals surface area contributed by atoms with Gasteiger partial charge in [0.05, 0.1) is 24.6 Å². The van der Waals surface area contributed by atoms with Crippen LogP contribution in [0.15, 0.2) is 86.0 Å². The average Bonchev–Trinajstić information content (AvgIpc) is 3.51. The zero-order valence-electron chi connectivity index (χ0n) is 25.0. The molecule has 0 aromatic heterocycles. The van der Waals surface area contributed by atoms with Crippen molar-refractivity contribution in [2.45, 2.75) is 69.2 Å². The van der Waals surface area contributed by atoms with Crippen molar-refractivity contribution in [2.75, 3.05) is 13.2 Å². The molecule has 1 aliphatic carbocycles. The van der Waals surface area contributed by atoms with Crippen molar-refractivity contribution in [2.24, 2.45) is 5.92 Å². The Kier molecular flexibility index (Phi) is 13.6. The summed E-state index contributed by atoms with van der Waals surface area (Å²) in [6.07, 6.45) is 4.93. The Morgan fingerprint density at radius 1 is 0.932 bits per heavy atom. The third kappa shape index (κ3) is 10.7. The molecule has 236 valence electrons. The van der Waals surface area contributed by atoms with Crippen LogP contribution in [-0.2, 0) is 30.5 Å². The molecule has 0 radical (unpaired) electrons. The van der Waals surface area contributed by atoms with Crippen LogP contribution < -0.4 is 16.0 Å². The standard InChI is InChI=1S/C34H43N3O7/c1-3-13-27(21-30(39)37-34(24-38)19-11-12-20-34)31(40)35-22-29(26-17-9-6-10-18-26)44-32(41)28(14-4-2)36-33(42)43-23-25-15-7-5-8-16-25/h3-10,15-18,27-29,38H,1-2,11-14,19-24H2,(H,35,40)(H,36,42)(H,37,39). The van der Waals surface area contributed by atoms with Crippen molar-refractivity contribution in [3.63, 3.8) is 0 Å². The summed E-state index contributed by atoms with van der Waals surface area (Å²) in [6, 6.07) is 17.0. The fourth-order valence-electron chi connectivity index (χ4n) is 5.17. The van der Waals surface area contributed by atoms with E-state index in [-0.39, 0.29) is 44.9 Å². The number of alkyl carbamates (subject to hydrolysis) is 1. The number of aliphatic hydroxyl groups excluding tert-OH is 1. The lowest BCUT2D eigenvalue weighted by atomic mass is 9.95. The van der Waals surface area contributed by atoms with Crippen LogP contribution in [0.2, 0.25) is 0 Å². The number of esters is 1. The fraction of sp³-hybridized carbons (Fsp3) is 0.412. The minimum Gasteiger partial charge on any atom is -0.454 e. The van der Waals surface area contributed by atoms with Crippen molar-refractivity contribution < 1.29 is 33.8 Å². The van der Waals surface area contributed by atoms with E-state index in [9.17, 15) is 24.3 Å². The number of hydrogen-bond donors (Lipinski definition) is 4. The molecule has 3 unspecified atom stereocenters. The largest absolute Gasteiger partial charge is 0.454 e. The van der Waals surface area contributed by atoms with Gasteiger partial charge in [0, 0.05) is 6.42 Å². The first-order chi connectivity index (χ1) is 21.3. The van der Waals surface area contributed by atoms with Crippen molar-refractivity contribution in [3.8, 4) is 0 Å². The number of nitrogens with one attached hydrogen (secondary N) is 3. The monoisotopic (exact) mass is 605 g/mol. The normalized spacial score (nSPS) is 15.6. The van der Waals surface area contributed by atoms with Gasteiger partial charge in [0.25, 0.3) is 0 Å². The van der Waals surface area contributed by atoms with Crippen LogP contribution in [0.25, 0.3) is 0 Å². The molecule has 3 atom stereocenters. The van der Waals surface area contributed by atoms with Crippen molar-refractivity contribution >= 4 is 23.9 Å². The number of amides is 3. The van der Waals surface area contributed by atoms with Gasteiger partial charge in [0.15, 0.2) is 0 Å². The van der Waals surface area contributed by atoms with E-state index in [0.717, 1.165) is 18.4 Å². The number of rotatable bonds is 17. The van der Waals surface area contributed by atoms with Crippen LogP contribution >= 0.6 is 0 Å². The van der Waals surface area contributed by atoms with E-state index >= 15 is 0 Å². The van der Waals surface area contributed by atoms with E-state index < -0.39 is 41.6 Å². The zero-order chi connectivity index (χ0) is 31.8. The predicted molar refractivity (Wildman–Crippen MR) is 166 cm³/mol. The van der Waals surface area contributed by atoms with Gasteiger partial charge in [-0.2, -0.15) is 0 Å². The summed E-state index contributed by atoms with van der Waals surface area (Å²) in [5, 5.41) is 18.1. The van der Waals surface area contributed by atoms with Gasteiger partial charge in [-0.1, -0.05) is 85.7 Å². The number of hydrogen-bond acceptors (Lipinski definition) is 7. The maximum Gasteiger partial charge on any atom is 0.408 e. The first kappa shape index (κ1) is 34.1. The lowest BCUT2D eigenvalue weighted by molar-refractivity contribution is -0.152. The van der Waals surface area contributed by atoms with Gasteiger partial charge in [0.2, 0.25) is 11.8 Å². The van der Waals surface area contributed by atoms with Crippen molar-refractivity contribution in [3.05, 3.63) is 97.1 Å². The second-order valence-corrected chi connectivity index (χ2v) is 11.0. The SMILES string of the molecule is C=CCC(CC(=O)NC1(CO)CCCC1)C(=O)NCC(OC(=O)C(CC=C)NC(=O)OCc1ccccc1)c1ccccc1. The Bertz CT molecular complexity index is 1250. The van der Waals surface area contributed by atoms with Gasteiger partial charge in [0.1, 0.15) is 18.8 Å². The van der Waals surface area contributed by atoms with Crippen LogP contribution in [0.4, 0.5) is 4.79 Å². The molecule has 0 spiro atoms. The molecule has 1 saturated carbocycles. The minimum atomic E-state index is -1.07. The summed E-state index contributed by atoms with van der Waals surface area (Å²) < 4.78 is 11.1. The maximum atomic E-state index is 13.2. The van der Waals surface area contributed by atoms with Gasteiger partial charge in [-0.05, 0) is 36.8 Å². The van der Waals surface area contributed by atoms with Crippen LogP contribution in [0, 0.1) is 5.92 Å². The summed E-state index contributed by atoms with van der Waals surface area (Å²) >= 11 is 0. The molecule has 3 rings (SSSR count). The first-order valence-corrected chi connectivity index (χ1v) is 14.9. The van der Waals surface area contributed by atoms with Gasteiger partial charge in [-0.3, -0.25) is 9.59 Å². The molecule has 1 fully saturated rings. The highest BCUT2D eigenvalue weighted by Gasteiger charge is 2.35. The fourth-order valence-corrected chi connectivity index (χ4v) is 5.17. The molecule has 10 nitrogen and oxygen atoms in total. The maximum absolute atomic E-state index is 13.2. The molecule has 4 N–H and O–H groups in total. The lowest BCUT2D eigenvalue weighted by Gasteiger charge is -2.29. The van der Waals surface area contributed by atoms with Crippen LogP contribution in [0.1, 0.15) is 62.2 Å². The second kappa shape index (κ2) is 17.6. The Hall–Kier alpha value is -4.44. The quantitative estimate of drug-likeness (QED) is 0.156. The second-order valence-electron chi connectivity index (χ2n) is 11.0. The third-order valence-corrected chi connectivity index (χ3v) is 7.60. The summed E-state index contributed by atoms with van der Waals surface area (Å²) in [4.78, 5) is 51.8.